The monoisotopic (exact) mass is 218 g/mol. The summed E-state index contributed by atoms with van der Waals surface area (Å²) < 4.78 is 0. The molecule has 0 radical (unpaired) electrons. The lowest BCUT2D eigenvalue weighted by Crippen LogP contribution is -1.87. The fourth-order valence-corrected chi connectivity index (χ4v) is 3.91. The molecule has 0 spiro atoms. The maximum absolute atomic E-state index is 2.30. The zero-order valence-corrected chi connectivity index (χ0v) is 10.6. The first-order valence-corrected chi connectivity index (χ1v) is 6.95. The Bertz CT molecular complexity index is 440. The molecule has 0 nitrogen and oxygen atoms in total. The van der Waals surface area contributed by atoms with Crippen molar-refractivity contribution in [2.45, 2.75) is 39.5 Å². The number of fused-ring (bicyclic) bond motifs is 1. The van der Waals surface area contributed by atoms with Crippen molar-refractivity contribution in [1.82, 2.24) is 0 Å². The van der Waals surface area contributed by atoms with Gasteiger partial charge in [0.1, 0.15) is 0 Å². The lowest BCUT2D eigenvalue weighted by Gasteiger charge is -2.02. The molecule has 0 N–H and O–H groups in total. The maximum atomic E-state index is 2.30. The molecule has 1 aromatic heterocycles. The third-order valence-electron chi connectivity index (χ3n) is 2.90. The summed E-state index contributed by atoms with van der Waals surface area (Å²) in [7, 11) is 0.947. The second kappa shape index (κ2) is 4.86. The molecule has 0 bridgehead atoms. The molecular formula is C14H19P. The molecule has 1 aromatic carbocycles. The van der Waals surface area contributed by atoms with Gasteiger partial charge in [-0.3, -0.25) is 0 Å². The molecule has 2 rings (SSSR count). The Kier molecular flexibility index (Phi) is 3.49. The van der Waals surface area contributed by atoms with Crippen LogP contribution in [0, 0.1) is 0 Å². The van der Waals surface area contributed by atoms with Crippen molar-refractivity contribution in [3.63, 3.8) is 0 Å². The summed E-state index contributed by atoms with van der Waals surface area (Å²) in [6.07, 6.45) is 5.10. The van der Waals surface area contributed by atoms with Crippen LogP contribution in [0.3, 0.4) is 0 Å². The molecule has 0 aliphatic heterocycles. The molecule has 0 aliphatic carbocycles. The highest BCUT2D eigenvalue weighted by Gasteiger charge is 2.08. The molecule has 0 fully saturated rings. The van der Waals surface area contributed by atoms with Crippen molar-refractivity contribution in [2.24, 2.45) is 0 Å². The normalized spacial score (nSPS) is 11.6. The highest BCUT2D eigenvalue weighted by atomic mass is 31.0. The van der Waals surface area contributed by atoms with E-state index in [-0.39, 0.29) is 0 Å². The van der Waals surface area contributed by atoms with Crippen LogP contribution in [0.5, 0.6) is 0 Å². The summed E-state index contributed by atoms with van der Waals surface area (Å²) in [5.74, 6) is 0. The number of hydrogen-bond acceptors (Lipinski definition) is 0. The summed E-state index contributed by atoms with van der Waals surface area (Å²) in [6, 6.07) is 8.94. The summed E-state index contributed by atoms with van der Waals surface area (Å²) >= 11 is 0. The van der Waals surface area contributed by atoms with Gasteiger partial charge in [0.05, 0.1) is 0 Å². The minimum absolute atomic E-state index is 0.947. The van der Waals surface area contributed by atoms with E-state index in [1.807, 2.05) is 0 Å². The molecular weight excluding hydrogens is 199 g/mol. The Morgan fingerprint density at radius 3 is 2.47 bits per heavy atom. The van der Waals surface area contributed by atoms with Gasteiger partial charge in [-0.2, -0.15) is 0 Å². The van der Waals surface area contributed by atoms with E-state index in [1.54, 1.807) is 21.4 Å². The lowest BCUT2D eigenvalue weighted by molar-refractivity contribution is 0.884. The highest BCUT2D eigenvalue weighted by Crippen LogP contribution is 2.36. The molecule has 1 unspecified atom stereocenters. The van der Waals surface area contributed by atoms with E-state index in [0.29, 0.717) is 0 Å². The molecule has 1 heteroatoms. The van der Waals surface area contributed by atoms with Gasteiger partial charge in [-0.1, -0.05) is 51.0 Å². The minimum Gasteiger partial charge on any atom is -0.128 e. The summed E-state index contributed by atoms with van der Waals surface area (Å²) in [5, 5.41) is 4.84. The second-order valence-corrected chi connectivity index (χ2v) is 5.52. The molecule has 15 heavy (non-hydrogen) atoms. The quantitative estimate of drug-likeness (QED) is 0.693. The molecule has 0 aliphatic rings. The van der Waals surface area contributed by atoms with Crippen molar-refractivity contribution in [2.75, 3.05) is 0 Å². The Morgan fingerprint density at radius 1 is 1.00 bits per heavy atom. The van der Waals surface area contributed by atoms with Gasteiger partial charge < -0.3 is 0 Å². The van der Waals surface area contributed by atoms with E-state index in [9.17, 15) is 0 Å². The number of benzene rings is 1. The average molecular weight is 218 g/mol. The van der Waals surface area contributed by atoms with Crippen molar-refractivity contribution in [3.05, 3.63) is 35.1 Å². The van der Waals surface area contributed by atoms with Crippen LogP contribution in [0.2, 0.25) is 0 Å². The van der Waals surface area contributed by atoms with Gasteiger partial charge in [-0.25, -0.2) is 0 Å². The fourth-order valence-electron chi connectivity index (χ4n) is 2.25. The Labute approximate surface area is 93.8 Å². The highest BCUT2D eigenvalue weighted by molar-refractivity contribution is 7.38. The van der Waals surface area contributed by atoms with Gasteiger partial charge in [0.15, 0.2) is 0 Å². The average Bonchev–Trinajstić information content (AvgIpc) is 2.59. The first-order chi connectivity index (χ1) is 7.36. The SMILES string of the molecule is CCCc1[pH]c2ccccc2c1CCC. The Balaban J connectivity index is 2.53. The molecule has 2 aromatic rings. The third-order valence-corrected chi connectivity index (χ3v) is 4.46. The molecule has 80 valence electrons. The maximum Gasteiger partial charge on any atom is -0.00127 e. The van der Waals surface area contributed by atoms with Crippen LogP contribution in [0.15, 0.2) is 24.3 Å². The standard InChI is InChI=1S/C14H19P/c1-3-7-11-12-9-5-6-10-14(12)15-13(11)8-4-2/h5-6,9-10,15H,3-4,7-8H2,1-2H3. The van der Waals surface area contributed by atoms with Gasteiger partial charge in [-0.05, 0) is 34.2 Å². The van der Waals surface area contributed by atoms with Crippen molar-refractivity contribution < 1.29 is 0 Å². The van der Waals surface area contributed by atoms with Crippen LogP contribution < -0.4 is 0 Å². The summed E-state index contributed by atoms with van der Waals surface area (Å²) in [5.41, 5.74) is 1.66. The van der Waals surface area contributed by atoms with Crippen LogP contribution in [0.1, 0.15) is 37.5 Å². The number of hydrogen-bond donors (Lipinski definition) is 0. The third kappa shape index (κ3) is 2.11. The summed E-state index contributed by atoms with van der Waals surface area (Å²) in [6.45, 7) is 4.56. The van der Waals surface area contributed by atoms with Gasteiger partial charge in [0, 0.05) is 0 Å². The van der Waals surface area contributed by atoms with E-state index < -0.39 is 0 Å². The summed E-state index contributed by atoms with van der Waals surface area (Å²) in [4.78, 5) is 0. The topological polar surface area (TPSA) is 0 Å². The van der Waals surface area contributed by atoms with Gasteiger partial charge in [-0.15, -0.1) is 8.19 Å². The Hall–Kier alpha value is -0.740. The van der Waals surface area contributed by atoms with E-state index in [2.05, 4.69) is 38.1 Å². The molecule has 1 heterocycles. The first kappa shape index (κ1) is 10.8. The molecule has 0 saturated heterocycles. The van der Waals surface area contributed by atoms with Crippen LogP contribution in [-0.2, 0) is 12.8 Å². The van der Waals surface area contributed by atoms with E-state index in [0.717, 1.165) is 8.19 Å². The van der Waals surface area contributed by atoms with Crippen LogP contribution in [-0.4, -0.2) is 0 Å². The predicted octanol–water partition coefficient (Wildman–Crippen LogP) is 4.78. The predicted molar refractivity (Wildman–Crippen MR) is 71.4 cm³/mol. The largest absolute Gasteiger partial charge is 0.128 e. The van der Waals surface area contributed by atoms with E-state index >= 15 is 0 Å². The smallest absolute Gasteiger partial charge is 0.00127 e. The molecule has 0 saturated carbocycles. The first-order valence-electron chi connectivity index (χ1n) is 5.95. The van der Waals surface area contributed by atoms with Crippen molar-refractivity contribution in [3.8, 4) is 0 Å². The number of aryl methyl sites for hydroxylation is 2. The van der Waals surface area contributed by atoms with Crippen molar-refractivity contribution in [1.29, 1.82) is 0 Å². The zero-order valence-electron chi connectivity index (χ0n) is 9.64. The molecule has 1 atom stereocenters. The van der Waals surface area contributed by atoms with Gasteiger partial charge in [0.2, 0.25) is 0 Å². The van der Waals surface area contributed by atoms with Crippen LogP contribution in [0.25, 0.3) is 10.5 Å². The zero-order chi connectivity index (χ0) is 10.7. The van der Waals surface area contributed by atoms with Crippen molar-refractivity contribution >= 4 is 18.7 Å². The van der Waals surface area contributed by atoms with E-state index in [1.165, 1.54) is 25.7 Å². The minimum atomic E-state index is 0.947. The Morgan fingerprint density at radius 2 is 1.73 bits per heavy atom. The van der Waals surface area contributed by atoms with Gasteiger partial charge in [0.25, 0.3) is 0 Å². The van der Waals surface area contributed by atoms with E-state index in [4.69, 9.17) is 0 Å². The second-order valence-electron chi connectivity index (χ2n) is 4.13. The molecule has 0 amide bonds. The fraction of sp³-hybridized carbons (Fsp3) is 0.429. The van der Waals surface area contributed by atoms with Crippen LogP contribution >= 0.6 is 8.19 Å². The van der Waals surface area contributed by atoms with Crippen LogP contribution in [0.4, 0.5) is 0 Å². The number of rotatable bonds is 4. The van der Waals surface area contributed by atoms with Gasteiger partial charge >= 0.3 is 0 Å². The lowest BCUT2D eigenvalue weighted by atomic mass is 10.0.